The van der Waals surface area contributed by atoms with E-state index < -0.39 is 0 Å². The van der Waals surface area contributed by atoms with Crippen molar-refractivity contribution in [2.24, 2.45) is 0 Å². The van der Waals surface area contributed by atoms with Gasteiger partial charge in [0.25, 0.3) is 0 Å². The molecule has 0 bridgehead atoms. The van der Waals surface area contributed by atoms with Gasteiger partial charge in [-0.05, 0) is 111 Å². The van der Waals surface area contributed by atoms with E-state index in [9.17, 15) is 0 Å². The first kappa shape index (κ1) is 119. The summed E-state index contributed by atoms with van der Waals surface area (Å²) in [6.07, 6.45) is -1.33. The molecular weight excluding hydrogens is 704 g/mol. The number of hydrogen-bond acceptors (Lipinski definition) is 9. The van der Waals surface area contributed by atoms with Crippen LogP contribution in [0.15, 0.2) is 0 Å². The van der Waals surface area contributed by atoms with Crippen LogP contribution in [-0.4, -0.2) is 113 Å². The molecule has 0 aliphatic rings. The van der Waals surface area contributed by atoms with Crippen LogP contribution < -0.4 is 0 Å². The Kier molecular flexibility index (Phi) is 333. The second-order valence-electron chi connectivity index (χ2n) is 8.75. The number of rotatable bonds is 0. The van der Waals surface area contributed by atoms with Gasteiger partial charge < -0.3 is 79.2 Å². The van der Waals surface area contributed by atoms with Crippen LogP contribution in [0.3, 0.4) is 0 Å². The molecule has 0 rings (SSSR count). The van der Waals surface area contributed by atoms with E-state index >= 15 is 0 Å². The molecule has 15 heteroatoms. The average Bonchev–Trinajstić information content (AvgIpc) is 2.43. The molecule has 0 unspecified atom stereocenters. The largest absolute Gasteiger partial charge is 2.00 e. The van der Waals surface area contributed by atoms with Crippen LogP contribution in [-0.2, 0) is 86.9 Å². The van der Waals surface area contributed by atoms with Gasteiger partial charge in [-0.15, -0.1) is 0 Å². The molecule has 0 atom stereocenters. The maximum atomic E-state index is 8.06. The van der Waals surface area contributed by atoms with Crippen LogP contribution in [0.2, 0.25) is 0 Å². The van der Waals surface area contributed by atoms with E-state index in [1.165, 1.54) is 0 Å². The fraction of sp³-hybridized carbons (Fsp3) is 0.893. The predicted octanol–water partition coefficient (Wildman–Crippen LogP) is 2.40. The second kappa shape index (κ2) is 120. The fourth-order valence-electron chi connectivity index (χ4n) is 0. The Morgan fingerprint density at radius 2 is 0.256 bits per heavy atom. The standard InChI is InChI=1S/8C3H8O.CH4O.3CH3.2H2O.4Ti/c8*1-3(2)4;1-2;;;;;;;;;/h8*3-4H,1-2H3;2H,1H3;3*1H3;2*1H2;;;;/q;;;;;;;;;3*-1;;;;;;+2. The fourth-order valence-corrected chi connectivity index (χ4v) is 0. The van der Waals surface area contributed by atoms with E-state index in [0.717, 1.165) is 7.11 Å². The Morgan fingerprint density at radius 3 is 0.256 bits per heavy atom. The maximum absolute atomic E-state index is 8.06. The SMILES string of the molecule is CC(C)O.CC(C)O.CC(C)O.CC(C)O.CC(C)O.CC(C)O.CC(C)O.CC(C)O.CO.O.O.[CH3-].[CH3-].[CH3-].[Ti+2].[Ti].[Ti].[Ti]. The first-order chi connectivity index (χ1) is 14.9. The van der Waals surface area contributed by atoms with Gasteiger partial charge in [-0.1, -0.05) is 0 Å². The van der Waals surface area contributed by atoms with E-state index in [-0.39, 0.29) is 169 Å². The first-order valence-electron chi connectivity index (χ1n) is 11.8. The molecule has 0 saturated heterocycles. The zero-order valence-corrected chi connectivity index (χ0v) is 37.9. The van der Waals surface area contributed by atoms with Crippen LogP contribution in [0.5, 0.6) is 0 Å². The molecule has 0 aromatic rings. The smallest absolute Gasteiger partial charge is 0.412 e. The predicted molar refractivity (Wildman–Crippen MR) is 173 cm³/mol. The zero-order chi connectivity index (χ0) is 30.6. The van der Waals surface area contributed by atoms with Crippen molar-refractivity contribution in [3.05, 3.63) is 22.3 Å². The summed E-state index contributed by atoms with van der Waals surface area (Å²) in [4.78, 5) is 0. The van der Waals surface area contributed by atoms with Crippen LogP contribution in [0.4, 0.5) is 0 Å². The minimum atomic E-state index is -0.167. The van der Waals surface area contributed by atoms with Gasteiger partial charge in [-0.3, -0.25) is 0 Å². The Hall–Kier alpha value is 2.42. The minimum absolute atomic E-state index is 0. The van der Waals surface area contributed by atoms with Crippen LogP contribution in [0, 0.1) is 22.3 Å². The number of hydrogen-bond donors (Lipinski definition) is 9. The number of aliphatic hydroxyl groups excluding tert-OH is 9. The molecule has 0 radical (unpaired) electrons. The van der Waals surface area contributed by atoms with Gasteiger partial charge in [-0.25, -0.2) is 0 Å². The zero-order valence-electron chi connectivity index (χ0n) is 31.6. The van der Waals surface area contributed by atoms with Crippen molar-refractivity contribution < 1.29 is 144 Å². The third-order valence-electron chi connectivity index (χ3n) is 0. The van der Waals surface area contributed by atoms with E-state index in [0.29, 0.717) is 0 Å². The van der Waals surface area contributed by atoms with Crippen LogP contribution in [0.1, 0.15) is 111 Å². The third kappa shape index (κ3) is 13700. The van der Waals surface area contributed by atoms with Gasteiger partial charge in [0.05, 0.1) is 0 Å². The molecule has 0 aromatic carbocycles. The second-order valence-corrected chi connectivity index (χ2v) is 8.75. The van der Waals surface area contributed by atoms with Gasteiger partial charge in [0.2, 0.25) is 0 Å². The molecule has 11 nitrogen and oxygen atoms in total. The molecule has 0 fully saturated rings. The summed E-state index contributed by atoms with van der Waals surface area (Å²) in [6.45, 7) is 27.6. The summed E-state index contributed by atoms with van der Waals surface area (Å²) in [5.74, 6) is 0. The summed E-state index contributed by atoms with van der Waals surface area (Å²) < 4.78 is 0. The molecule has 0 amide bonds. The van der Waals surface area contributed by atoms with Crippen molar-refractivity contribution >= 4 is 0 Å². The Balaban J connectivity index is -0.00000001000. The number of aliphatic hydroxyl groups is 9. The molecule has 0 aliphatic carbocycles. The Labute approximate surface area is 330 Å². The molecule has 276 valence electrons. The van der Waals surface area contributed by atoms with E-state index in [1.54, 1.807) is 111 Å². The van der Waals surface area contributed by atoms with Crippen molar-refractivity contribution in [1.29, 1.82) is 0 Å². The quantitative estimate of drug-likeness (QED) is 0.129. The Morgan fingerprint density at radius 1 is 0.256 bits per heavy atom. The average molecular weight is 785 g/mol. The van der Waals surface area contributed by atoms with Crippen molar-refractivity contribution in [1.82, 2.24) is 0 Å². The summed E-state index contributed by atoms with van der Waals surface area (Å²) in [5, 5.41) is 71.4. The van der Waals surface area contributed by atoms with Crippen molar-refractivity contribution in [3.63, 3.8) is 0 Å². The van der Waals surface area contributed by atoms with Gasteiger partial charge in [0.15, 0.2) is 0 Å². The molecule has 43 heavy (non-hydrogen) atoms. The molecule has 0 aromatic heterocycles. The van der Waals surface area contributed by atoms with Crippen molar-refractivity contribution in [3.8, 4) is 0 Å². The summed E-state index contributed by atoms with van der Waals surface area (Å²) in [6, 6.07) is 0. The normalized spacial score (nSPS) is 6.84. The molecule has 13 N–H and O–H groups in total. The van der Waals surface area contributed by atoms with Crippen LogP contribution in [0.25, 0.3) is 0 Å². The first-order valence-corrected chi connectivity index (χ1v) is 11.8. The topological polar surface area (TPSA) is 245 Å². The maximum Gasteiger partial charge on any atom is 2.00 e. The van der Waals surface area contributed by atoms with E-state index in [4.69, 9.17) is 46.0 Å². The van der Waals surface area contributed by atoms with E-state index in [2.05, 4.69) is 0 Å². The summed E-state index contributed by atoms with van der Waals surface area (Å²) in [7, 11) is 1.00. The Bertz CT molecular complexity index is 163. The molecule has 0 heterocycles. The molecule has 0 saturated carbocycles. The summed E-state index contributed by atoms with van der Waals surface area (Å²) in [5.41, 5.74) is 0. The molecule has 0 spiro atoms. The van der Waals surface area contributed by atoms with Gasteiger partial charge in [-0.2, -0.15) is 0 Å². The molecular formula is C28H81O11Ti4-. The monoisotopic (exact) mass is 785 g/mol. The van der Waals surface area contributed by atoms with Crippen LogP contribution >= 0.6 is 0 Å². The van der Waals surface area contributed by atoms with Gasteiger partial charge in [0, 0.05) is 121 Å². The molecule has 0 aliphatic heterocycles. The van der Waals surface area contributed by atoms with E-state index in [1.807, 2.05) is 0 Å². The van der Waals surface area contributed by atoms with Gasteiger partial charge >= 0.3 is 21.7 Å². The van der Waals surface area contributed by atoms with Crippen molar-refractivity contribution in [2.45, 2.75) is 160 Å². The minimum Gasteiger partial charge on any atom is -0.412 e. The summed E-state index contributed by atoms with van der Waals surface area (Å²) >= 11 is 0. The third-order valence-corrected chi connectivity index (χ3v) is 0. The van der Waals surface area contributed by atoms with Crippen molar-refractivity contribution in [2.75, 3.05) is 7.11 Å². The van der Waals surface area contributed by atoms with Gasteiger partial charge in [0.1, 0.15) is 0 Å².